The van der Waals surface area contributed by atoms with Crippen LogP contribution in [0.25, 0.3) is 97.9 Å². The van der Waals surface area contributed by atoms with Gasteiger partial charge in [-0.25, -0.2) is 9.97 Å². The minimum Gasteiger partial charge on any atom is -0.228 e. The zero-order chi connectivity index (χ0) is 33.7. The van der Waals surface area contributed by atoms with Gasteiger partial charge in [0.15, 0.2) is 5.82 Å². The SMILES string of the molecule is c1ccc(-c2nc(-c3c(-c4ccccc4)ccc4ccccc34)cc(-c3ccc(-c4cccc5c4sc4ccccc45)c4ccccc34)n2)cc1. The molecule has 2 heterocycles. The maximum Gasteiger partial charge on any atom is 0.160 e. The van der Waals surface area contributed by atoms with E-state index in [2.05, 4.69) is 176 Å². The summed E-state index contributed by atoms with van der Waals surface area (Å²) in [5.41, 5.74) is 9.76. The van der Waals surface area contributed by atoms with Crippen LogP contribution in [0.1, 0.15) is 0 Å². The molecular weight excluding hydrogens is 637 g/mol. The summed E-state index contributed by atoms with van der Waals surface area (Å²) in [6, 6.07) is 64.9. The third-order valence-electron chi connectivity index (χ3n) is 9.92. The van der Waals surface area contributed by atoms with Gasteiger partial charge >= 0.3 is 0 Å². The molecule has 2 aromatic heterocycles. The fourth-order valence-corrected chi connectivity index (χ4v) is 8.78. The molecule has 0 spiro atoms. The highest BCUT2D eigenvalue weighted by Crippen LogP contribution is 2.44. The average molecular weight is 667 g/mol. The van der Waals surface area contributed by atoms with Crippen molar-refractivity contribution in [3.63, 3.8) is 0 Å². The van der Waals surface area contributed by atoms with Crippen LogP contribution in [-0.2, 0) is 0 Å². The maximum absolute atomic E-state index is 5.33. The summed E-state index contributed by atoms with van der Waals surface area (Å²) < 4.78 is 2.63. The molecule has 2 nitrogen and oxygen atoms in total. The second-order valence-electron chi connectivity index (χ2n) is 12.9. The number of thiophene rings is 1. The molecule has 0 saturated carbocycles. The molecule has 0 fully saturated rings. The standard InChI is InChI=1S/C48H30N2S/c1-3-14-31(15-4-1)35-27-26-32-16-7-8-19-34(32)46(35)44-30-43(49-48(50-44)33-17-5-2-6-18-33)39-29-28-38(36-20-9-10-21-37(36)39)41-23-13-24-42-40-22-11-12-25-45(40)51-47(41)42/h1-30H. The molecule has 3 heteroatoms. The minimum absolute atomic E-state index is 0.707. The van der Waals surface area contributed by atoms with E-state index in [4.69, 9.17) is 9.97 Å². The Morgan fingerprint density at radius 1 is 0.353 bits per heavy atom. The highest BCUT2D eigenvalue weighted by atomic mass is 32.1. The Hall–Kier alpha value is -6.42. The van der Waals surface area contributed by atoms with Crippen molar-refractivity contribution in [3.8, 4) is 56.2 Å². The highest BCUT2D eigenvalue weighted by molar-refractivity contribution is 7.26. The van der Waals surface area contributed by atoms with Gasteiger partial charge in [0, 0.05) is 42.4 Å². The Labute approximate surface area is 300 Å². The van der Waals surface area contributed by atoms with Gasteiger partial charge in [0.1, 0.15) is 0 Å². The molecule has 0 N–H and O–H groups in total. The lowest BCUT2D eigenvalue weighted by Gasteiger charge is -2.17. The molecule has 0 bridgehead atoms. The zero-order valence-electron chi connectivity index (χ0n) is 27.6. The van der Waals surface area contributed by atoms with Gasteiger partial charge < -0.3 is 0 Å². The van der Waals surface area contributed by atoms with E-state index in [0.717, 1.165) is 44.6 Å². The van der Waals surface area contributed by atoms with Crippen LogP contribution in [0.2, 0.25) is 0 Å². The van der Waals surface area contributed by atoms with Gasteiger partial charge in [0.2, 0.25) is 0 Å². The summed E-state index contributed by atoms with van der Waals surface area (Å²) >= 11 is 1.87. The van der Waals surface area contributed by atoms with Gasteiger partial charge in [-0.1, -0.05) is 170 Å². The van der Waals surface area contributed by atoms with Crippen LogP contribution in [0, 0.1) is 0 Å². The van der Waals surface area contributed by atoms with E-state index in [9.17, 15) is 0 Å². The molecule has 0 aliphatic heterocycles. The number of nitrogens with zero attached hydrogens (tertiary/aromatic N) is 2. The van der Waals surface area contributed by atoms with Crippen LogP contribution in [-0.4, -0.2) is 9.97 Å². The topological polar surface area (TPSA) is 25.8 Å². The third kappa shape index (κ3) is 5.01. The van der Waals surface area contributed by atoms with Crippen molar-refractivity contribution in [2.75, 3.05) is 0 Å². The second-order valence-corrected chi connectivity index (χ2v) is 13.9. The van der Waals surface area contributed by atoms with E-state index in [1.165, 1.54) is 47.5 Å². The summed E-state index contributed by atoms with van der Waals surface area (Å²) in [5, 5.41) is 7.33. The molecule has 0 aliphatic carbocycles. The first-order valence-electron chi connectivity index (χ1n) is 17.2. The molecule has 238 valence electrons. The molecule has 0 unspecified atom stereocenters. The molecule has 0 atom stereocenters. The monoisotopic (exact) mass is 666 g/mol. The maximum atomic E-state index is 5.33. The van der Waals surface area contributed by atoms with Gasteiger partial charge in [0.25, 0.3) is 0 Å². The predicted octanol–water partition coefficient (Wildman–Crippen LogP) is 13.5. The van der Waals surface area contributed by atoms with Crippen molar-refractivity contribution in [3.05, 3.63) is 182 Å². The van der Waals surface area contributed by atoms with E-state index in [0.29, 0.717) is 5.82 Å². The fourth-order valence-electron chi connectivity index (χ4n) is 7.55. The number of hydrogen-bond acceptors (Lipinski definition) is 3. The van der Waals surface area contributed by atoms with Gasteiger partial charge in [-0.05, 0) is 50.4 Å². The molecule has 8 aromatic carbocycles. The van der Waals surface area contributed by atoms with Gasteiger partial charge in [0.05, 0.1) is 11.4 Å². The van der Waals surface area contributed by atoms with E-state index < -0.39 is 0 Å². The Bertz CT molecular complexity index is 2910. The first-order chi connectivity index (χ1) is 25.3. The van der Waals surface area contributed by atoms with Crippen LogP contribution >= 0.6 is 11.3 Å². The molecule has 10 rings (SSSR count). The third-order valence-corrected chi connectivity index (χ3v) is 11.1. The quantitative estimate of drug-likeness (QED) is 0.183. The normalized spacial score (nSPS) is 11.5. The van der Waals surface area contributed by atoms with Crippen LogP contribution in [0.5, 0.6) is 0 Å². The van der Waals surface area contributed by atoms with Gasteiger partial charge in [-0.3, -0.25) is 0 Å². The molecule has 0 aliphatic rings. The number of hydrogen-bond donors (Lipinski definition) is 0. The van der Waals surface area contributed by atoms with Gasteiger partial charge in [-0.15, -0.1) is 11.3 Å². The van der Waals surface area contributed by atoms with Crippen LogP contribution in [0.15, 0.2) is 182 Å². The predicted molar refractivity (Wildman–Crippen MR) is 217 cm³/mol. The Kier molecular flexibility index (Phi) is 7.04. The van der Waals surface area contributed by atoms with Crippen molar-refractivity contribution in [2.45, 2.75) is 0 Å². The number of fused-ring (bicyclic) bond motifs is 5. The van der Waals surface area contributed by atoms with Crippen molar-refractivity contribution < 1.29 is 0 Å². The fraction of sp³-hybridized carbons (Fsp3) is 0. The lowest BCUT2D eigenvalue weighted by Crippen LogP contribution is -1.98. The average Bonchev–Trinajstić information content (AvgIpc) is 3.60. The number of benzene rings is 8. The Balaban J connectivity index is 1.24. The first kappa shape index (κ1) is 29.5. The lowest BCUT2D eigenvalue weighted by atomic mass is 9.90. The smallest absolute Gasteiger partial charge is 0.160 e. The van der Waals surface area contributed by atoms with Crippen LogP contribution in [0.3, 0.4) is 0 Å². The summed E-state index contributed by atoms with van der Waals surface area (Å²) in [6.07, 6.45) is 0. The molecule has 0 radical (unpaired) electrons. The molecule has 10 aromatic rings. The summed E-state index contributed by atoms with van der Waals surface area (Å²) in [6.45, 7) is 0. The van der Waals surface area contributed by atoms with Crippen LogP contribution < -0.4 is 0 Å². The molecule has 0 saturated heterocycles. The van der Waals surface area contributed by atoms with E-state index >= 15 is 0 Å². The van der Waals surface area contributed by atoms with Crippen molar-refractivity contribution >= 4 is 53.1 Å². The molecule has 0 amide bonds. The molecule has 51 heavy (non-hydrogen) atoms. The van der Waals surface area contributed by atoms with Gasteiger partial charge in [-0.2, -0.15) is 0 Å². The van der Waals surface area contributed by atoms with E-state index in [1.807, 2.05) is 17.4 Å². The summed E-state index contributed by atoms with van der Waals surface area (Å²) in [4.78, 5) is 10.6. The molecular formula is C48H30N2S. The second kappa shape index (κ2) is 12.2. The van der Waals surface area contributed by atoms with Crippen molar-refractivity contribution in [1.29, 1.82) is 0 Å². The number of rotatable bonds is 5. The van der Waals surface area contributed by atoms with E-state index in [-0.39, 0.29) is 0 Å². The zero-order valence-corrected chi connectivity index (χ0v) is 28.4. The van der Waals surface area contributed by atoms with Crippen molar-refractivity contribution in [1.82, 2.24) is 9.97 Å². The lowest BCUT2D eigenvalue weighted by molar-refractivity contribution is 1.19. The Morgan fingerprint density at radius 2 is 0.941 bits per heavy atom. The Morgan fingerprint density at radius 3 is 1.75 bits per heavy atom. The minimum atomic E-state index is 0.707. The van der Waals surface area contributed by atoms with Crippen LogP contribution in [0.4, 0.5) is 0 Å². The number of aromatic nitrogens is 2. The van der Waals surface area contributed by atoms with E-state index in [1.54, 1.807) is 0 Å². The summed E-state index contributed by atoms with van der Waals surface area (Å²) in [5.74, 6) is 0.707. The van der Waals surface area contributed by atoms with Crippen molar-refractivity contribution in [2.24, 2.45) is 0 Å². The summed E-state index contributed by atoms with van der Waals surface area (Å²) in [7, 11) is 0. The highest BCUT2D eigenvalue weighted by Gasteiger charge is 2.19. The largest absolute Gasteiger partial charge is 0.228 e. The first-order valence-corrected chi connectivity index (χ1v) is 18.1.